The third-order valence-electron chi connectivity index (χ3n) is 4.30. The summed E-state index contributed by atoms with van der Waals surface area (Å²) < 4.78 is 26.6. The summed E-state index contributed by atoms with van der Waals surface area (Å²) in [5.41, 5.74) is 0. The monoisotopic (exact) mass is 289 g/mol. The van der Waals surface area contributed by atoms with E-state index in [1.165, 1.54) is 12.8 Å². The molecular formula is C13H27N3O2S. The van der Waals surface area contributed by atoms with Crippen LogP contribution in [0.5, 0.6) is 0 Å². The smallest absolute Gasteiger partial charge is 0.213 e. The number of nitrogens with one attached hydrogen (secondary N) is 2. The van der Waals surface area contributed by atoms with Crippen LogP contribution in [0.1, 0.15) is 32.1 Å². The number of hydrogen-bond acceptors (Lipinski definition) is 4. The molecular weight excluding hydrogens is 262 g/mol. The molecule has 0 radical (unpaired) electrons. The second-order valence-electron chi connectivity index (χ2n) is 6.00. The largest absolute Gasteiger partial charge is 0.313 e. The fraction of sp³-hybridized carbons (Fsp3) is 1.00. The lowest BCUT2D eigenvalue weighted by atomic mass is 9.94. The van der Waals surface area contributed by atoms with Gasteiger partial charge in [0.25, 0.3) is 0 Å². The lowest BCUT2D eigenvalue weighted by molar-refractivity contribution is 0.213. The van der Waals surface area contributed by atoms with Gasteiger partial charge in [0.05, 0.1) is 5.75 Å². The molecule has 2 aliphatic rings. The molecule has 0 spiro atoms. The van der Waals surface area contributed by atoms with Gasteiger partial charge in [-0.3, -0.25) is 0 Å². The minimum atomic E-state index is -3.10. The molecule has 19 heavy (non-hydrogen) atoms. The second-order valence-corrected chi connectivity index (χ2v) is 7.86. The third kappa shape index (κ3) is 5.38. The first-order valence-electron chi connectivity index (χ1n) is 7.44. The molecule has 5 nitrogen and oxygen atoms in total. The topological polar surface area (TPSA) is 61.4 Å². The highest BCUT2D eigenvalue weighted by Gasteiger charge is 2.22. The summed E-state index contributed by atoms with van der Waals surface area (Å²) in [5.74, 6) is 0.920. The van der Waals surface area contributed by atoms with Crippen LogP contribution >= 0.6 is 0 Å². The maximum absolute atomic E-state index is 11.9. The fourth-order valence-corrected chi connectivity index (χ4v) is 4.35. The van der Waals surface area contributed by atoms with Crippen LogP contribution in [0.25, 0.3) is 0 Å². The lowest BCUT2D eigenvalue weighted by Gasteiger charge is -2.28. The molecule has 2 N–H and O–H groups in total. The van der Waals surface area contributed by atoms with E-state index < -0.39 is 10.0 Å². The molecule has 2 fully saturated rings. The summed E-state index contributed by atoms with van der Waals surface area (Å²) in [4.78, 5) is 2.34. The van der Waals surface area contributed by atoms with Crippen LogP contribution in [0.3, 0.4) is 0 Å². The van der Waals surface area contributed by atoms with Crippen molar-refractivity contribution in [1.82, 2.24) is 14.9 Å². The van der Waals surface area contributed by atoms with Crippen molar-refractivity contribution in [3.8, 4) is 0 Å². The van der Waals surface area contributed by atoms with Crippen LogP contribution in [0, 0.1) is 5.92 Å². The molecule has 0 aromatic heterocycles. The van der Waals surface area contributed by atoms with Crippen molar-refractivity contribution in [2.75, 3.05) is 39.0 Å². The van der Waals surface area contributed by atoms with Gasteiger partial charge >= 0.3 is 0 Å². The molecule has 0 saturated carbocycles. The maximum Gasteiger partial charge on any atom is 0.213 e. The number of sulfonamides is 1. The Hall–Kier alpha value is -0.170. The Balaban J connectivity index is 1.63. The molecule has 2 aliphatic heterocycles. The van der Waals surface area contributed by atoms with Crippen molar-refractivity contribution >= 4 is 10.0 Å². The van der Waals surface area contributed by atoms with E-state index in [1.54, 1.807) is 0 Å². The van der Waals surface area contributed by atoms with Gasteiger partial charge in [-0.05, 0) is 64.7 Å². The molecule has 6 heteroatoms. The maximum atomic E-state index is 11.9. The number of nitrogens with zero attached hydrogens (tertiary/aromatic N) is 1. The highest BCUT2D eigenvalue weighted by atomic mass is 32.2. The standard InChI is InChI=1S/C13H27N3O2S/c1-16-9-5-12(6-10-16)4-8-15-19(17,18)11-13-3-2-7-14-13/h12-15H,2-11H2,1H3. The zero-order valence-corrected chi connectivity index (χ0v) is 12.7. The minimum absolute atomic E-state index is 0.154. The quantitative estimate of drug-likeness (QED) is 0.742. The van der Waals surface area contributed by atoms with Crippen molar-refractivity contribution in [3.05, 3.63) is 0 Å². The summed E-state index contributed by atoms with van der Waals surface area (Å²) in [6, 6.07) is 0.154. The van der Waals surface area contributed by atoms with Gasteiger partial charge in [0.1, 0.15) is 0 Å². The van der Waals surface area contributed by atoms with Gasteiger partial charge in [-0.15, -0.1) is 0 Å². The van der Waals surface area contributed by atoms with Crippen LogP contribution in [-0.2, 0) is 10.0 Å². The molecule has 0 amide bonds. The van der Waals surface area contributed by atoms with E-state index in [-0.39, 0.29) is 11.8 Å². The zero-order chi connectivity index (χ0) is 13.7. The Morgan fingerprint density at radius 1 is 1.26 bits per heavy atom. The second kappa shape index (κ2) is 7.02. The predicted molar refractivity (Wildman–Crippen MR) is 77.7 cm³/mol. The molecule has 2 heterocycles. The van der Waals surface area contributed by atoms with Crippen molar-refractivity contribution < 1.29 is 8.42 Å². The van der Waals surface area contributed by atoms with E-state index in [2.05, 4.69) is 22.0 Å². The first-order valence-corrected chi connectivity index (χ1v) is 9.10. The molecule has 0 bridgehead atoms. The summed E-state index contributed by atoms with van der Waals surface area (Å²) in [6.45, 7) is 3.84. The highest BCUT2D eigenvalue weighted by molar-refractivity contribution is 7.89. The van der Waals surface area contributed by atoms with E-state index in [0.29, 0.717) is 12.5 Å². The van der Waals surface area contributed by atoms with Crippen LogP contribution in [-0.4, -0.2) is 58.3 Å². The van der Waals surface area contributed by atoms with Gasteiger partial charge in [0.2, 0.25) is 10.0 Å². The van der Waals surface area contributed by atoms with Crippen molar-refractivity contribution in [2.45, 2.75) is 38.1 Å². The summed E-state index contributed by atoms with van der Waals surface area (Å²) in [7, 11) is -0.953. The van der Waals surface area contributed by atoms with E-state index in [4.69, 9.17) is 0 Å². The normalized spacial score (nSPS) is 26.9. The molecule has 1 atom stereocenters. The van der Waals surface area contributed by atoms with E-state index >= 15 is 0 Å². The zero-order valence-electron chi connectivity index (χ0n) is 11.9. The Morgan fingerprint density at radius 2 is 2.00 bits per heavy atom. The van der Waals surface area contributed by atoms with Crippen LogP contribution < -0.4 is 10.0 Å². The summed E-state index contributed by atoms with van der Waals surface area (Å²) >= 11 is 0. The number of rotatable bonds is 6. The first kappa shape index (κ1) is 15.2. The average Bonchev–Trinajstić information content (AvgIpc) is 2.83. The molecule has 0 aromatic rings. The Labute approximate surface area is 117 Å². The number of piperidine rings is 1. The predicted octanol–water partition coefficient (Wildman–Crippen LogP) is 0.390. The van der Waals surface area contributed by atoms with Crippen LogP contribution in [0.15, 0.2) is 0 Å². The van der Waals surface area contributed by atoms with E-state index in [9.17, 15) is 8.42 Å². The number of likely N-dealkylation sites (tertiary alicyclic amines) is 1. The molecule has 2 saturated heterocycles. The molecule has 0 aromatic carbocycles. The highest BCUT2D eigenvalue weighted by Crippen LogP contribution is 2.18. The fourth-order valence-electron chi connectivity index (χ4n) is 2.99. The van der Waals surface area contributed by atoms with Crippen molar-refractivity contribution in [1.29, 1.82) is 0 Å². The van der Waals surface area contributed by atoms with Gasteiger partial charge in [0.15, 0.2) is 0 Å². The van der Waals surface area contributed by atoms with Crippen LogP contribution in [0.2, 0.25) is 0 Å². The molecule has 2 rings (SSSR count). The Morgan fingerprint density at radius 3 is 2.63 bits per heavy atom. The Bertz CT molecular complexity index is 358. The van der Waals surface area contributed by atoms with Crippen LogP contribution in [0.4, 0.5) is 0 Å². The van der Waals surface area contributed by atoms with Gasteiger partial charge in [-0.1, -0.05) is 0 Å². The average molecular weight is 289 g/mol. The summed E-state index contributed by atoms with van der Waals surface area (Å²) in [5, 5.41) is 3.23. The van der Waals surface area contributed by atoms with Gasteiger partial charge in [-0.2, -0.15) is 0 Å². The first-order chi connectivity index (χ1) is 9.05. The number of hydrogen-bond donors (Lipinski definition) is 2. The van der Waals surface area contributed by atoms with Crippen molar-refractivity contribution in [3.63, 3.8) is 0 Å². The molecule has 112 valence electrons. The minimum Gasteiger partial charge on any atom is -0.313 e. The van der Waals surface area contributed by atoms with E-state index in [1.807, 2.05) is 0 Å². The lowest BCUT2D eigenvalue weighted by Crippen LogP contribution is -2.38. The summed E-state index contributed by atoms with van der Waals surface area (Å²) in [6.07, 6.45) is 5.45. The van der Waals surface area contributed by atoms with Gasteiger partial charge in [0, 0.05) is 12.6 Å². The third-order valence-corrected chi connectivity index (χ3v) is 5.78. The Kier molecular flexibility index (Phi) is 5.62. The molecule has 0 aliphatic carbocycles. The van der Waals surface area contributed by atoms with Gasteiger partial charge in [-0.25, -0.2) is 13.1 Å². The van der Waals surface area contributed by atoms with Gasteiger partial charge < -0.3 is 10.2 Å². The SMILES string of the molecule is CN1CCC(CCNS(=O)(=O)CC2CCCN2)CC1. The van der Waals surface area contributed by atoms with Crippen molar-refractivity contribution in [2.24, 2.45) is 5.92 Å². The van der Waals surface area contributed by atoms with E-state index in [0.717, 1.165) is 38.9 Å². The molecule has 1 unspecified atom stereocenters.